The van der Waals surface area contributed by atoms with Gasteiger partial charge >= 0.3 is 6.01 Å². The lowest BCUT2D eigenvalue weighted by Gasteiger charge is -2.12. The SMILES string of the molecule is COc1nc(CNC(=O)Cn2cnc3ccccc3c2=O)nc(N(C)C)n1. The number of carbonyl (C=O) groups excluding carboxylic acids is 1. The summed E-state index contributed by atoms with van der Waals surface area (Å²) in [7, 11) is 5.03. The van der Waals surface area contributed by atoms with Crippen LogP contribution >= 0.6 is 0 Å². The molecule has 140 valence electrons. The minimum Gasteiger partial charge on any atom is -0.467 e. The number of aromatic nitrogens is 5. The Morgan fingerprint density at radius 2 is 2.00 bits per heavy atom. The van der Waals surface area contributed by atoms with Gasteiger partial charge in [0.2, 0.25) is 11.9 Å². The number of carbonyl (C=O) groups is 1. The van der Waals surface area contributed by atoms with Crippen LogP contribution in [-0.4, -0.2) is 51.6 Å². The van der Waals surface area contributed by atoms with Crippen molar-refractivity contribution >= 4 is 22.8 Å². The predicted molar refractivity (Wildman–Crippen MR) is 98.6 cm³/mol. The molecule has 0 bridgehead atoms. The Kier molecular flexibility index (Phi) is 5.25. The molecule has 1 N–H and O–H groups in total. The molecule has 0 radical (unpaired) electrons. The number of hydrogen-bond acceptors (Lipinski definition) is 8. The number of ether oxygens (including phenoxy) is 1. The van der Waals surface area contributed by atoms with Gasteiger partial charge in [-0.05, 0) is 12.1 Å². The van der Waals surface area contributed by atoms with E-state index in [1.807, 2.05) is 0 Å². The number of benzene rings is 1. The molecule has 2 heterocycles. The maximum Gasteiger partial charge on any atom is 0.321 e. The van der Waals surface area contributed by atoms with Gasteiger partial charge in [0.05, 0.1) is 30.9 Å². The summed E-state index contributed by atoms with van der Waals surface area (Å²) in [6, 6.07) is 7.15. The average Bonchev–Trinajstić information content (AvgIpc) is 2.68. The molecule has 0 saturated heterocycles. The highest BCUT2D eigenvalue weighted by Gasteiger charge is 2.11. The molecule has 0 unspecified atom stereocenters. The number of nitrogens with zero attached hydrogens (tertiary/aromatic N) is 6. The van der Waals surface area contributed by atoms with Gasteiger partial charge in [-0.1, -0.05) is 12.1 Å². The smallest absolute Gasteiger partial charge is 0.321 e. The molecule has 0 spiro atoms. The average molecular weight is 369 g/mol. The van der Waals surface area contributed by atoms with Crippen molar-refractivity contribution in [2.45, 2.75) is 13.1 Å². The summed E-state index contributed by atoms with van der Waals surface area (Å²) in [6.07, 6.45) is 1.36. The molecule has 0 aliphatic carbocycles. The maximum atomic E-state index is 12.4. The van der Waals surface area contributed by atoms with Crippen LogP contribution in [0.5, 0.6) is 6.01 Å². The number of amides is 1. The summed E-state index contributed by atoms with van der Waals surface area (Å²) in [5, 5.41) is 3.15. The summed E-state index contributed by atoms with van der Waals surface area (Å²) >= 11 is 0. The fraction of sp³-hybridized carbons (Fsp3) is 0.294. The van der Waals surface area contributed by atoms with Crippen molar-refractivity contribution < 1.29 is 9.53 Å². The van der Waals surface area contributed by atoms with E-state index in [4.69, 9.17) is 4.74 Å². The molecule has 10 heteroatoms. The highest BCUT2D eigenvalue weighted by atomic mass is 16.5. The quantitative estimate of drug-likeness (QED) is 0.644. The fourth-order valence-corrected chi connectivity index (χ4v) is 2.36. The summed E-state index contributed by atoms with van der Waals surface area (Å²) < 4.78 is 6.31. The first-order chi connectivity index (χ1) is 13.0. The molecule has 1 amide bonds. The van der Waals surface area contributed by atoms with Crippen LogP contribution in [0.2, 0.25) is 0 Å². The van der Waals surface area contributed by atoms with E-state index in [0.717, 1.165) is 0 Å². The van der Waals surface area contributed by atoms with Crippen LogP contribution in [-0.2, 0) is 17.9 Å². The van der Waals surface area contributed by atoms with Gasteiger partial charge in [0.25, 0.3) is 5.56 Å². The first-order valence-electron chi connectivity index (χ1n) is 8.15. The Bertz CT molecular complexity index is 1030. The molecule has 2 aromatic heterocycles. The zero-order valence-electron chi connectivity index (χ0n) is 15.2. The molecule has 1 aromatic carbocycles. The molecule has 3 aromatic rings. The summed E-state index contributed by atoms with van der Waals surface area (Å²) in [5.41, 5.74) is 0.320. The van der Waals surface area contributed by atoms with Gasteiger partial charge in [-0.2, -0.15) is 15.0 Å². The Morgan fingerprint density at radius 1 is 1.22 bits per heavy atom. The van der Waals surface area contributed by atoms with Crippen LogP contribution in [0, 0.1) is 0 Å². The zero-order chi connectivity index (χ0) is 19.4. The number of anilines is 1. The van der Waals surface area contributed by atoms with Gasteiger partial charge in [-0.15, -0.1) is 0 Å². The number of fused-ring (bicyclic) bond motifs is 1. The van der Waals surface area contributed by atoms with Gasteiger partial charge in [0.15, 0.2) is 5.82 Å². The largest absolute Gasteiger partial charge is 0.467 e. The van der Waals surface area contributed by atoms with E-state index in [9.17, 15) is 9.59 Å². The van der Waals surface area contributed by atoms with Gasteiger partial charge in [-0.25, -0.2) is 4.98 Å². The molecule has 0 atom stereocenters. The topological polar surface area (TPSA) is 115 Å². The standard InChI is InChI=1S/C17H19N7O3/c1-23(2)16-20-13(21-17(22-16)27-3)8-18-14(25)9-24-10-19-12-7-5-4-6-11(12)15(24)26/h4-7,10H,8-9H2,1-3H3,(H,18,25). The summed E-state index contributed by atoms with van der Waals surface area (Å²) in [6.45, 7) is -0.0757. The van der Waals surface area contributed by atoms with E-state index in [-0.39, 0.29) is 30.6 Å². The predicted octanol–water partition coefficient (Wildman–Crippen LogP) is -0.0275. The zero-order valence-corrected chi connectivity index (χ0v) is 15.2. The number of para-hydroxylation sites is 1. The van der Waals surface area contributed by atoms with Gasteiger partial charge in [0.1, 0.15) is 6.54 Å². The molecule has 27 heavy (non-hydrogen) atoms. The first-order valence-corrected chi connectivity index (χ1v) is 8.15. The lowest BCUT2D eigenvalue weighted by Crippen LogP contribution is -2.32. The molecule has 10 nitrogen and oxygen atoms in total. The fourth-order valence-electron chi connectivity index (χ4n) is 2.36. The van der Waals surface area contributed by atoms with Crippen LogP contribution in [0.4, 0.5) is 5.95 Å². The van der Waals surface area contributed by atoms with E-state index >= 15 is 0 Å². The van der Waals surface area contributed by atoms with E-state index in [0.29, 0.717) is 22.7 Å². The molecule has 0 saturated carbocycles. The molecular formula is C17H19N7O3. The van der Waals surface area contributed by atoms with Crippen molar-refractivity contribution in [2.24, 2.45) is 0 Å². The number of methoxy groups -OCH3 is 1. The van der Waals surface area contributed by atoms with Gasteiger partial charge < -0.3 is 15.0 Å². The van der Waals surface area contributed by atoms with Crippen molar-refractivity contribution in [3.05, 3.63) is 46.8 Å². The number of hydrogen-bond donors (Lipinski definition) is 1. The third-order valence-electron chi connectivity index (χ3n) is 3.72. The van der Waals surface area contributed by atoms with Crippen LogP contribution in [0.15, 0.2) is 35.4 Å². The maximum absolute atomic E-state index is 12.4. The summed E-state index contributed by atoms with van der Waals surface area (Å²) in [4.78, 5) is 43.0. The van der Waals surface area contributed by atoms with Crippen LogP contribution in [0.3, 0.4) is 0 Å². The monoisotopic (exact) mass is 369 g/mol. The third-order valence-corrected chi connectivity index (χ3v) is 3.72. The van der Waals surface area contributed by atoms with Crippen LogP contribution in [0.1, 0.15) is 5.82 Å². The third kappa shape index (κ3) is 4.17. The lowest BCUT2D eigenvalue weighted by atomic mass is 10.2. The minimum absolute atomic E-state index is 0.0777. The molecule has 0 fully saturated rings. The van der Waals surface area contributed by atoms with E-state index in [1.165, 1.54) is 18.0 Å². The Balaban J connectivity index is 1.71. The second-order valence-corrected chi connectivity index (χ2v) is 5.90. The molecule has 0 aliphatic heterocycles. The Morgan fingerprint density at radius 3 is 2.74 bits per heavy atom. The highest BCUT2D eigenvalue weighted by Crippen LogP contribution is 2.09. The van der Waals surface area contributed by atoms with Crippen molar-refractivity contribution in [2.75, 3.05) is 26.1 Å². The van der Waals surface area contributed by atoms with E-state index in [1.54, 1.807) is 43.3 Å². The van der Waals surface area contributed by atoms with Crippen molar-refractivity contribution in [3.63, 3.8) is 0 Å². The Hall–Kier alpha value is -3.56. The molecule has 0 aliphatic rings. The normalized spacial score (nSPS) is 10.6. The van der Waals surface area contributed by atoms with E-state index in [2.05, 4.69) is 25.3 Å². The van der Waals surface area contributed by atoms with Crippen molar-refractivity contribution in [1.82, 2.24) is 29.8 Å². The van der Waals surface area contributed by atoms with Crippen LogP contribution < -0.4 is 20.5 Å². The molecule has 3 rings (SSSR count). The van der Waals surface area contributed by atoms with Gasteiger partial charge in [0, 0.05) is 14.1 Å². The Labute approximate surface area is 154 Å². The minimum atomic E-state index is -0.361. The first kappa shape index (κ1) is 18.2. The number of nitrogens with one attached hydrogen (secondary N) is 1. The van der Waals surface area contributed by atoms with Crippen molar-refractivity contribution in [1.29, 1.82) is 0 Å². The highest BCUT2D eigenvalue weighted by molar-refractivity contribution is 5.78. The number of rotatable bonds is 6. The van der Waals surface area contributed by atoms with E-state index < -0.39 is 0 Å². The van der Waals surface area contributed by atoms with Crippen LogP contribution in [0.25, 0.3) is 10.9 Å². The van der Waals surface area contributed by atoms with Crippen molar-refractivity contribution in [3.8, 4) is 6.01 Å². The summed E-state index contributed by atoms with van der Waals surface area (Å²) in [5.74, 6) is 0.406. The second-order valence-electron chi connectivity index (χ2n) is 5.90. The molecular weight excluding hydrogens is 350 g/mol. The second kappa shape index (κ2) is 7.77. The van der Waals surface area contributed by atoms with Gasteiger partial charge in [-0.3, -0.25) is 14.2 Å². The lowest BCUT2D eigenvalue weighted by molar-refractivity contribution is -0.121.